The smallest absolute Gasteiger partial charge is 0.166 e. The summed E-state index contributed by atoms with van der Waals surface area (Å²) in [6.07, 6.45) is 2.76. The van der Waals surface area contributed by atoms with Gasteiger partial charge in [0, 0.05) is 12.1 Å². The molecule has 1 aliphatic carbocycles. The molecule has 1 aliphatic rings. The van der Waals surface area contributed by atoms with Crippen LogP contribution in [-0.4, -0.2) is 11.6 Å². The van der Waals surface area contributed by atoms with Crippen molar-refractivity contribution in [2.45, 2.75) is 12.3 Å². The van der Waals surface area contributed by atoms with Gasteiger partial charge in [0.25, 0.3) is 0 Å². The lowest BCUT2D eigenvalue weighted by Gasteiger charge is -2.29. The Bertz CT molecular complexity index is 539. The van der Waals surface area contributed by atoms with E-state index < -0.39 is 0 Å². The van der Waals surface area contributed by atoms with E-state index in [4.69, 9.17) is 10.5 Å². The van der Waals surface area contributed by atoms with Crippen LogP contribution < -0.4 is 10.5 Å². The van der Waals surface area contributed by atoms with Crippen LogP contribution in [0.3, 0.4) is 0 Å². The number of hydrogen-bond donors (Lipinski definition) is 1. The monoisotopic (exact) mass is 226 g/mol. The van der Waals surface area contributed by atoms with Crippen LogP contribution in [0.2, 0.25) is 0 Å². The van der Waals surface area contributed by atoms with Gasteiger partial charge in [0.05, 0.1) is 6.61 Å². The Labute approximate surface area is 100 Å². The van der Waals surface area contributed by atoms with Gasteiger partial charge in [-0.1, -0.05) is 24.3 Å². The molecule has 1 atom stereocenters. The zero-order valence-corrected chi connectivity index (χ0v) is 9.47. The number of benzene rings is 1. The lowest BCUT2D eigenvalue weighted by Crippen LogP contribution is -2.23. The van der Waals surface area contributed by atoms with Crippen molar-refractivity contribution in [3.63, 3.8) is 0 Å². The van der Waals surface area contributed by atoms with Crippen molar-refractivity contribution >= 4 is 5.82 Å². The number of rotatable bonds is 3. The molecule has 17 heavy (non-hydrogen) atoms. The summed E-state index contributed by atoms with van der Waals surface area (Å²) in [5, 5.41) is 0. The second kappa shape index (κ2) is 4.09. The molecule has 1 aromatic carbocycles. The van der Waals surface area contributed by atoms with E-state index in [0.717, 1.165) is 6.42 Å². The first-order valence-electron chi connectivity index (χ1n) is 5.75. The zero-order valence-electron chi connectivity index (χ0n) is 9.47. The van der Waals surface area contributed by atoms with E-state index in [0.29, 0.717) is 24.1 Å². The summed E-state index contributed by atoms with van der Waals surface area (Å²) in [4.78, 5) is 4.00. The van der Waals surface area contributed by atoms with Gasteiger partial charge in [-0.15, -0.1) is 0 Å². The molecule has 0 aliphatic heterocycles. The summed E-state index contributed by atoms with van der Waals surface area (Å²) < 4.78 is 5.71. The molecule has 0 spiro atoms. The zero-order chi connectivity index (χ0) is 11.7. The molecule has 0 fully saturated rings. The first kappa shape index (κ1) is 10.1. The third kappa shape index (κ3) is 1.84. The van der Waals surface area contributed by atoms with Crippen molar-refractivity contribution in [1.29, 1.82) is 0 Å². The number of ether oxygens (including phenoxy) is 1. The molecular formula is C14H14N2O. The quantitative estimate of drug-likeness (QED) is 0.874. The van der Waals surface area contributed by atoms with Crippen LogP contribution in [0.4, 0.5) is 5.82 Å². The fraction of sp³-hybridized carbons (Fsp3) is 0.214. The van der Waals surface area contributed by atoms with E-state index in [1.165, 1.54) is 11.1 Å². The molecule has 1 heterocycles. The van der Waals surface area contributed by atoms with E-state index in [1.807, 2.05) is 12.1 Å². The Morgan fingerprint density at radius 3 is 2.94 bits per heavy atom. The molecule has 86 valence electrons. The average molecular weight is 226 g/mol. The topological polar surface area (TPSA) is 48.1 Å². The highest BCUT2D eigenvalue weighted by Crippen LogP contribution is 2.35. The molecule has 3 nitrogen and oxygen atoms in total. The summed E-state index contributed by atoms with van der Waals surface area (Å²) in [6.45, 7) is 0.674. The van der Waals surface area contributed by atoms with Gasteiger partial charge in [0.1, 0.15) is 0 Å². The van der Waals surface area contributed by atoms with Gasteiger partial charge >= 0.3 is 0 Å². The van der Waals surface area contributed by atoms with Crippen LogP contribution in [-0.2, 0) is 6.42 Å². The first-order valence-corrected chi connectivity index (χ1v) is 5.75. The first-order chi connectivity index (χ1) is 8.34. The van der Waals surface area contributed by atoms with Gasteiger partial charge in [0.15, 0.2) is 11.6 Å². The molecule has 2 aromatic rings. The normalized spacial score (nSPS) is 17.1. The number of anilines is 1. The number of nitrogen functional groups attached to an aromatic ring is 1. The predicted molar refractivity (Wildman–Crippen MR) is 67.0 cm³/mol. The Kier molecular flexibility index (Phi) is 2.44. The average Bonchev–Trinajstić information content (AvgIpc) is 2.32. The van der Waals surface area contributed by atoms with Crippen molar-refractivity contribution in [3.8, 4) is 5.75 Å². The Balaban J connectivity index is 1.66. The maximum absolute atomic E-state index is 5.72. The van der Waals surface area contributed by atoms with Gasteiger partial charge in [-0.3, -0.25) is 0 Å². The Morgan fingerprint density at radius 1 is 1.24 bits per heavy atom. The molecule has 2 N–H and O–H groups in total. The van der Waals surface area contributed by atoms with Gasteiger partial charge in [-0.2, -0.15) is 0 Å². The van der Waals surface area contributed by atoms with Crippen molar-refractivity contribution in [1.82, 2.24) is 4.98 Å². The van der Waals surface area contributed by atoms with Crippen LogP contribution in [0.25, 0.3) is 0 Å². The van der Waals surface area contributed by atoms with Gasteiger partial charge in [-0.05, 0) is 29.7 Å². The SMILES string of the molecule is Nc1ncccc1OCC1Cc2ccccc21. The standard InChI is InChI=1S/C14H14N2O/c15-14-13(6-3-7-16-14)17-9-11-8-10-4-1-2-5-12(10)11/h1-7,11H,8-9H2,(H2,15,16). The third-order valence-corrected chi connectivity index (χ3v) is 3.20. The van der Waals surface area contributed by atoms with Crippen LogP contribution in [0, 0.1) is 0 Å². The Hall–Kier alpha value is -2.03. The molecule has 1 aromatic heterocycles. The van der Waals surface area contributed by atoms with Crippen LogP contribution in [0.1, 0.15) is 17.0 Å². The summed E-state index contributed by atoms with van der Waals surface area (Å²) in [6, 6.07) is 12.2. The predicted octanol–water partition coefficient (Wildman–Crippen LogP) is 2.38. The summed E-state index contributed by atoms with van der Waals surface area (Å²) >= 11 is 0. The van der Waals surface area contributed by atoms with Crippen LogP contribution in [0.5, 0.6) is 5.75 Å². The van der Waals surface area contributed by atoms with Gasteiger partial charge in [-0.25, -0.2) is 4.98 Å². The second-order valence-electron chi connectivity index (χ2n) is 4.30. The maximum Gasteiger partial charge on any atom is 0.166 e. The minimum Gasteiger partial charge on any atom is -0.489 e. The molecule has 1 unspecified atom stereocenters. The number of nitrogens with two attached hydrogens (primary N) is 1. The van der Waals surface area contributed by atoms with Crippen molar-refractivity contribution in [3.05, 3.63) is 53.7 Å². The van der Waals surface area contributed by atoms with Crippen molar-refractivity contribution in [2.24, 2.45) is 0 Å². The van der Waals surface area contributed by atoms with Crippen LogP contribution in [0.15, 0.2) is 42.6 Å². The van der Waals surface area contributed by atoms with E-state index >= 15 is 0 Å². The number of fused-ring (bicyclic) bond motifs is 1. The lowest BCUT2D eigenvalue weighted by molar-refractivity contribution is 0.276. The highest BCUT2D eigenvalue weighted by Gasteiger charge is 2.25. The lowest BCUT2D eigenvalue weighted by atomic mass is 9.78. The summed E-state index contributed by atoms with van der Waals surface area (Å²) in [5.74, 6) is 1.63. The van der Waals surface area contributed by atoms with Crippen LogP contribution >= 0.6 is 0 Å². The Morgan fingerprint density at radius 2 is 2.12 bits per heavy atom. The highest BCUT2D eigenvalue weighted by atomic mass is 16.5. The van der Waals surface area contributed by atoms with Gasteiger partial charge < -0.3 is 10.5 Å². The molecule has 3 rings (SSSR count). The molecule has 3 heteroatoms. The van der Waals surface area contributed by atoms with Crippen molar-refractivity contribution < 1.29 is 4.74 Å². The molecule has 0 amide bonds. The minimum atomic E-state index is 0.458. The van der Waals surface area contributed by atoms with Crippen molar-refractivity contribution in [2.75, 3.05) is 12.3 Å². The van der Waals surface area contributed by atoms with Gasteiger partial charge in [0.2, 0.25) is 0 Å². The minimum absolute atomic E-state index is 0.458. The maximum atomic E-state index is 5.72. The highest BCUT2D eigenvalue weighted by molar-refractivity contribution is 5.45. The fourth-order valence-electron chi connectivity index (χ4n) is 2.23. The van der Waals surface area contributed by atoms with E-state index in [2.05, 4.69) is 29.2 Å². The molecule has 0 radical (unpaired) electrons. The fourth-order valence-corrected chi connectivity index (χ4v) is 2.23. The molecule has 0 saturated heterocycles. The summed E-state index contributed by atoms with van der Waals surface area (Å²) in [7, 11) is 0. The van der Waals surface area contributed by atoms with E-state index in [9.17, 15) is 0 Å². The molecular weight excluding hydrogens is 212 g/mol. The van der Waals surface area contributed by atoms with E-state index in [1.54, 1.807) is 6.20 Å². The number of nitrogens with zero attached hydrogens (tertiary/aromatic N) is 1. The largest absolute Gasteiger partial charge is 0.489 e. The summed E-state index contributed by atoms with van der Waals surface area (Å²) in [5.41, 5.74) is 8.55. The number of hydrogen-bond acceptors (Lipinski definition) is 3. The molecule has 0 bridgehead atoms. The second-order valence-corrected chi connectivity index (χ2v) is 4.30. The number of aromatic nitrogens is 1. The third-order valence-electron chi connectivity index (χ3n) is 3.20. The molecule has 0 saturated carbocycles. The van der Waals surface area contributed by atoms with E-state index in [-0.39, 0.29) is 0 Å². The number of pyridine rings is 1.